The van der Waals surface area contributed by atoms with Gasteiger partial charge in [-0.3, -0.25) is 5.32 Å². The zero-order valence-electron chi connectivity index (χ0n) is 6.70. The van der Waals surface area contributed by atoms with Gasteiger partial charge in [0, 0.05) is 6.54 Å². The summed E-state index contributed by atoms with van der Waals surface area (Å²) in [6, 6.07) is 8.38. The van der Waals surface area contributed by atoms with Crippen LogP contribution in [0.2, 0.25) is 0 Å². The van der Waals surface area contributed by atoms with E-state index in [1.54, 1.807) is 0 Å². The molecule has 0 saturated heterocycles. The maximum absolute atomic E-state index is 4.34. The van der Waals surface area contributed by atoms with E-state index in [2.05, 4.69) is 54.4 Å². The van der Waals surface area contributed by atoms with Gasteiger partial charge >= 0.3 is 0 Å². The molecule has 2 heteroatoms. The summed E-state index contributed by atoms with van der Waals surface area (Å²) in [5.41, 5.74) is 2.63. The molecule has 1 aliphatic heterocycles. The Hall–Kier alpha value is -0.730. The fraction of sp³-hybridized carbons (Fsp3) is 0.200. The van der Waals surface area contributed by atoms with E-state index in [-0.39, 0.29) is 5.37 Å². The minimum absolute atomic E-state index is 0.178. The number of hydrogen-bond donors (Lipinski definition) is 2. The van der Waals surface area contributed by atoms with Crippen molar-refractivity contribution in [3.8, 4) is 0 Å². The number of fused-ring (bicyclic) bond motifs is 1. The molecule has 1 aliphatic rings. The van der Waals surface area contributed by atoms with Crippen LogP contribution in [0.15, 0.2) is 30.3 Å². The second-order valence-electron chi connectivity index (χ2n) is 2.88. The van der Waals surface area contributed by atoms with Gasteiger partial charge in [-0.2, -0.15) is 12.6 Å². The Bertz CT molecular complexity index is 306. The van der Waals surface area contributed by atoms with Gasteiger partial charge in [-0.05, 0) is 11.1 Å². The molecule has 0 radical (unpaired) electrons. The van der Waals surface area contributed by atoms with Gasteiger partial charge in [0.25, 0.3) is 0 Å². The highest BCUT2D eigenvalue weighted by Gasteiger charge is 2.05. The molecule has 0 spiro atoms. The normalized spacial score (nSPS) is 21.6. The molecule has 0 fully saturated rings. The molecule has 0 amide bonds. The van der Waals surface area contributed by atoms with Crippen LogP contribution in [0.5, 0.6) is 0 Å². The van der Waals surface area contributed by atoms with Crippen LogP contribution in [-0.2, 0) is 6.54 Å². The first kappa shape index (κ1) is 7.90. The van der Waals surface area contributed by atoms with Crippen LogP contribution in [0.4, 0.5) is 0 Å². The Morgan fingerprint density at radius 3 is 3.08 bits per heavy atom. The third kappa shape index (κ3) is 1.54. The fourth-order valence-corrected chi connectivity index (χ4v) is 1.51. The molecule has 62 valence electrons. The van der Waals surface area contributed by atoms with Crippen LogP contribution in [0.1, 0.15) is 11.1 Å². The Labute approximate surface area is 77.9 Å². The minimum atomic E-state index is 0.178. The highest BCUT2D eigenvalue weighted by molar-refractivity contribution is 7.81. The molecule has 1 aromatic carbocycles. The second kappa shape index (κ2) is 3.33. The summed E-state index contributed by atoms with van der Waals surface area (Å²) in [6.07, 6.45) is 4.18. The van der Waals surface area contributed by atoms with E-state index < -0.39 is 0 Å². The molecule has 0 saturated carbocycles. The van der Waals surface area contributed by atoms with Crippen molar-refractivity contribution in [3.63, 3.8) is 0 Å². The summed E-state index contributed by atoms with van der Waals surface area (Å²) >= 11 is 4.34. The number of benzene rings is 1. The summed E-state index contributed by atoms with van der Waals surface area (Å²) in [5.74, 6) is 0. The van der Waals surface area contributed by atoms with Crippen LogP contribution in [0.25, 0.3) is 6.08 Å². The molecule has 1 heterocycles. The summed E-state index contributed by atoms with van der Waals surface area (Å²) < 4.78 is 0. The third-order valence-corrected chi connectivity index (χ3v) is 2.37. The summed E-state index contributed by atoms with van der Waals surface area (Å²) in [6.45, 7) is 0.900. The predicted molar refractivity (Wildman–Crippen MR) is 55.1 cm³/mol. The molecule has 2 rings (SSSR count). The average molecular weight is 177 g/mol. The molecule has 1 aromatic rings. The number of nitrogens with one attached hydrogen (secondary N) is 1. The maximum atomic E-state index is 4.34. The van der Waals surface area contributed by atoms with Crippen molar-refractivity contribution in [1.29, 1.82) is 0 Å². The smallest absolute Gasteiger partial charge is 0.0695 e. The van der Waals surface area contributed by atoms with Crippen molar-refractivity contribution < 1.29 is 0 Å². The molecule has 12 heavy (non-hydrogen) atoms. The van der Waals surface area contributed by atoms with Crippen LogP contribution >= 0.6 is 12.6 Å². The Morgan fingerprint density at radius 2 is 2.17 bits per heavy atom. The summed E-state index contributed by atoms with van der Waals surface area (Å²) in [4.78, 5) is 0. The predicted octanol–water partition coefficient (Wildman–Crippen LogP) is 2.06. The van der Waals surface area contributed by atoms with Gasteiger partial charge < -0.3 is 0 Å². The first-order valence-corrected chi connectivity index (χ1v) is 4.55. The molecular formula is C10H11NS. The van der Waals surface area contributed by atoms with Crippen molar-refractivity contribution in [2.45, 2.75) is 11.9 Å². The van der Waals surface area contributed by atoms with Crippen LogP contribution < -0.4 is 5.32 Å². The quantitative estimate of drug-likeness (QED) is 0.578. The van der Waals surface area contributed by atoms with E-state index in [9.17, 15) is 0 Å². The van der Waals surface area contributed by atoms with Crippen molar-refractivity contribution >= 4 is 18.7 Å². The third-order valence-electron chi connectivity index (χ3n) is 2.01. The largest absolute Gasteiger partial charge is 0.298 e. The average Bonchev–Trinajstić information content (AvgIpc) is 2.29. The van der Waals surface area contributed by atoms with Crippen molar-refractivity contribution in [3.05, 3.63) is 41.5 Å². The van der Waals surface area contributed by atoms with E-state index in [0.717, 1.165) is 6.54 Å². The fourth-order valence-electron chi connectivity index (χ4n) is 1.34. The second-order valence-corrected chi connectivity index (χ2v) is 3.44. The highest BCUT2D eigenvalue weighted by Crippen LogP contribution is 2.14. The monoisotopic (exact) mass is 177 g/mol. The van der Waals surface area contributed by atoms with Gasteiger partial charge in [0.1, 0.15) is 0 Å². The number of rotatable bonds is 0. The molecular weight excluding hydrogens is 166 g/mol. The number of thiol groups is 1. The topological polar surface area (TPSA) is 12.0 Å². The highest BCUT2D eigenvalue weighted by atomic mass is 32.1. The van der Waals surface area contributed by atoms with Gasteiger partial charge in [-0.25, -0.2) is 0 Å². The molecule has 1 N–H and O–H groups in total. The number of hydrogen-bond acceptors (Lipinski definition) is 2. The first-order chi connectivity index (χ1) is 5.86. The van der Waals surface area contributed by atoms with Gasteiger partial charge in [0.2, 0.25) is 0 Å². The Morgan fingerprint density at radius 1 is 1.33 bits per heavy atom. The minimum Gasteiger partial charge on any atom is -0.298 e. The maximum Gasteiger partial charge on any atom is 0.0695 e. The van der Waals surface area contributed by atoms with Crippen molar-refractivity contribution in [2.24, 2.45) is 0 Å². The zero-order valence-corrected chi connectivity index (χ0v) is 7.59. The van der Waals surface area contributed by atoms with Crippen LogP contribution in [-0.4, -0.2) is 5.37 Å². The Balaban J connectivity index is 2.39. The molecule has 1 nitrogen and oxygen atoms in total. The lowest BCUT2D eigenvalue weighted by molar-refractivity contribution is 0.735. The SMILES string of the molecule is SC1C=Cc2ccccc2CN1. The standard InChI is InChI=1S/C10H11NS/c12-10-6-5-8-3-1-2-4-9(8)7-11-10/h1-6,10-12H,7H2. The lowest BCUT2D eigenvalue weighted by Crippen LogP contribution is -2.19. The van der Waals surface area contributed by atoms with E-state index >= 15 is 0 Å². The zero-order chi connectivity index (χ0) is 8.39. The van der Waals surface area contributed by atoms with Crippen LogP contribution in [0.3, 0.4) is 0 Å². The lowest BCUT2D eigenvalue weighted by atomic mass is 10.1. The van der Waals surface area contributed by atoms with Gasteiger partial charge in [0.15, 0.2) is 0 Å². The van der Waals surface area contributed by atoms with Crippen molar-refractivity contribution in [1.82, 2.24) is 5.32 Å². The summed E-state index contributed by atoms with van der Waals surface area (Å²) in [7, 11) is 0. The van der Waals surface area contributed by atoms with Gasteiger partial charge in [-0.1, -0.05) is 36.4 Å². The molecule has 0 aliphatic carbocycles. The summed E-state index contributed by atoms with van der Waals surface area (Å²) in [5, 5.41) is 3.46. The lowest BCUT2D eigenvalue weighted by Gasteiger charge is -2.05. The molecule has 0 bridgehead atoms. The Kier molecular flexibility index (Phi) is 2.19. The van der Waals surface area contributed by atoms with Gasteiger partial charge in [-0.15, -0.1) is 0 Å². The van der Waals surface area contributed by atoms with E-state index in [4.69, 9.17) is 0 Å². The van der Waals surface area contributed by atoms with E-state index in [0.29, 0.717) is 0 Å². The van der Waals surface area contributed by atoms with E-state index in [1.807, 2.05) is 0 Å². The van der Waals surface area contributed by atoms with Crippen LogP contribution in [0, 0.1) is 0 Å². The first-order valence-electron chi connectivity index (χ1n) is 4.04. The molecule has 0 aromatic heterocycles. The molecule has 1 unspecified atom stereocenters. The molecule has 1 atom stereocenters. The van der Waals surface area contributed by atoms with Gasteiger partial charge in [0.05, 0.1) is 5.37 Å². The van der Waals surface area contributed by atoms with Crippen molar-refractivity contribution in [2.75, 3.05) is 0 Å². The van der Waals surface area contributed by atoms with E-state index in [1.165, 1.54) is 11.1 Å².